The van der Waals surface area contributed by atoms with Crippen molar-refractivity contribution < 1.29 is 27.5 Å². The molecule has 1 atom stereocenters. The van der Waals surface area contributed by atoms with Gasteiger partial charge in [0, 0.05) is 19.0 Å². The third-order valence-corrected chi connectivity index (χ3v) is 5.72. The topological polar surface area (TPSA) is 114 Å². The first-order chi connectivity index (χ1) is 13.2. The summed E-state index contributed by atoms with van der Waals surface area (Å²) < 4.78 is 35.2. The normalized spacial score (nSPS) is 16.8. The molecule has 0 aromatic heterocycles. The number of carbonyl (C=O) groups is 2. The lowest BCUT2D eigenvalue weighted by Crippen LogP contribution is -2.50. The number of rotatable bonds is 7. The van der Waals surface area contributed by atoms with E-state index in [1.54, 1.807) is 31.2 Å². The van der Waals surface area contributed by atoms with Gasteiger partial charge >= 0.3 is 0 Å². The van der Waals surface area contributed by atoms with Gasteiger partial charge in [-0.15, -0.1) is 0 Å². The zero-order valence-corrected chi connectivity index (χ0v) is 17.1. The minimum Gasteiger partial charge on any atom is -0.494 e. The maximum absolute atomic E-state index is 12.2. The zero-order valence-electron chi connectivity index (χ0n) is 16.3. The van der Waals surface area contributed by atoms with Gasteiger partial charge in [0.15, 0.2) is 6.10 Å². The Hall–Kier alpha value is -2.33. The van der Waals surface area contributed by atoms with Gasteiger partial charge in [-0.3, -0.25) is 20.4 Å². The van der Waals surface area contributed by atoms with Crippen LogP contribution in [0.5, 0.6) is 11.5 Å². The summed E-state index contributed by atoms with van der Waals surface area (Å²) >= 11 is 0. The van der Waals surface area contributed by atoms with Crippen LogP contribution in [0.15, 0.2) is 24.3 Å². The molecule has 0 aliphatic carbocycles. The van der Waals surface area contributed by atoms with E-state index < -0.39 is 22.0 Å². The monoisotopic (exact) mass is 413 g/mol. The molecule has 28 heavy (non-hydrogen) atoms. The average molecular weight is 413 g/mol. The van der Waals surface area contributed by atoms with Gasteiger partial charge in [0.1, 0.15) is 11.5 Å². The number of sulfonamides is 1. The molecule has 0 spiro atoms. The highest BCUT2D eigenvalue weighted by molar-refractivity contribution is 7.88. The number of benzene rings is 1. The van der Waals surface area contributed by atoms with E-state index in [4.69, 9.17) is 9.47 Å². The van der Waals surface area contributed by atoms with E-state index in [0.717, 1.165) is 6.26 Å². The van der Waals surface area contributed by atoms with E-state index >= 15 is 0 Å². The molecule has 1 saturated heterocycles. The maximum atomic E-state index is 12.2. The van der Waals surface area contributed by atoms with E-state index in [1.165, 1.54) is 4.31 Å². The number of nitrogens with one attached hydrogen (secondary N) is 2. The molecule has 2 N–H and O–H groups in total. The van der Waals surface area contributed by atoms with Crippen molar-refractivity contribution in [3.63, 3.8) is 0 Å². The molecule has 156 valence electrons. The first kappa shape index (κ1) is 22.0. The van der Waals surface area contributed by atoms with Crippen molar-refractivity contribution in [2.24, 2.45) is 5.92 Å². The molecule has 1 aromatic rings. The highest BCUT2D eigenvalue weighted by Gasteiger charge is 2.29. The lowest BCUT2D eigenvalue weighted by molar-refractivity contribution is -0.134. The summed E-state index contributed by atoms with van der Waals surface area (Å²) in [6, 6.07) is 6.88. The number of piperidine rings is 1. The number of ether oxygens (including phenoxy) is 2. The predicted molar refractivity (Wildman–Crippen MR) is 103 cm³/mol. The molecule has 1 unspecified atom stereocenters. The molecule has 2 rings (SSSR count). The summed E-state index contributed by atoms with van der Waals surface area (Å²) in [5.41, 5.74) is 4.74. The van der Waals surface area contributed by atoms with Crippen LogP contribution in [0.2, 0.25) is 0 Å². The molecule has 0 saturated carbocycles. The van der Waals surface area contributed by atoms with Crippen molar-refractivity contribution in [1.29, 1.82) is 0 Å². The second-order valence-electron chi connectivity index (χ2n) is 6.58. The van der Waals surface area contributed by atoms with Crippen molar-refractivity contribution in [2.75, 3.05) is 26.0 Å². The molecule has 1 fully saturated rings. The Morgan fingerprint density at radius 3 is 2.25 bits per heavy atom. The molecule has 2 amide bonds. The fourth-order valence-electron chi connectivity index (χ4n) is 2.82. The smallest absolute Gasteiger partial charge is 0.279 e. The molecular formula is C18H27N3O6S. The Morgan fingerprint density at radius 1 is 1.14 bits per heavy atom. The van der Waals surface area contributed by atoms with Gasteiger partial charge in [0.25, 0.3) is 5.91 Å². The second-order valence-corrected chi connectivity index (χ2v) is 8.56. The van der Waals surface area contributed by atoms with Gasteiger partial charge in [-0.25, -0.2) is 12.7 Å². The SMILES string of the molecule is CCOc1ccc(OC(C)C(=O)NNC(=O)C2CCN(S(C)(=O)=O)CC2)cc1. The Kier molecular flexibility index (Phi) is 7.64. The van der Waals surface area contributed by atoms with Crippen LogP contribution in [-0.2, 0) is 19.6 Å². The fraction of sp³-hybridized carbons (Fsp3) is 0.556. The average Bonchev–Trinajstić information content (AvgIpc) is 2.67. The van der Waals surface area contributed by atoms with Crippen molar-refractivity contribution >= 4 is 21.8 Å². The molecule has 0 bridgehead atoms. The molecule has 1 aliphatic rings. The van der Waals surface area contributed by atoms with Crippen molar-refractivity contribution in [1.82, 2.24) is 15.2 Å². The molecule has 0 radical (unpaired) electrons. The van der Waals surface area contributed by atoms with Crippen molar-refractivity contribution in [3.05, 3.63) is 24.3 Å². The largest absolute Gasteiger partial charge is 0.494 e. The molecule has 9 nitrogen and oxygen atoms in total. The highest BCUT2D eigenvalue weighted by Crippen LogP contribution is 2.20. The summed E-state index contributed by atoms with van der Waals surface area (Å²) in [6.45, 7) is 4.61. The van der Waals surface area contributed by atoms with Crippen LogP contribution in [0.25, 0.3) is 0 Å². The number of hydrogen-bond acceptors (Lipinski definition) is 6. The lowest BCUT2D eigenvalue weighted by Gasteiger charge is -2.29. The van der Waals surface area contributed by atoms with Crippen LogP contribution in [0.1, 0.15) is 26.7 Å². The fourth-order valence-corrected chi connectivity index (χ4v) is 3.69. The van der Waals surface area contributed by atoms with Gasteiger partial charge < -0.3 is 9.47 Å². The van der Waals surface area contributed by atoms with Gasteiger partial charge in [0.05, 0.1) is 12.9 Å². The standard InChI is InChI=1S/C18H27N3O6S/c1-4-26-15-5-7-16(8-6-15)27-13(2)17(22)19-20-18(23)14-9-11-21(12-10-14)28(3,24)25/h5-8,13-14H,4,9-12H2,1-3H3,(H,19,22)(H,20,23). The number of nitrogens with zero attached hydrogens (tertiary/aromatic N) is 1. The van der Waals surface area contributed by atoms with E-state index in [2.05, 4.69) is 10.9 Å². The minimum atomic E-state index is -3.24. The Bertz CT molecular complexity index is 773. The van der Waals surface area contributed by atoms with Gasteiger partial charge in [0.2, 0.25) is 15.9 Å². The first-order valence-electron chi connectivity index (χ1n) is 9.15. The molecule has 1 aliphatic heterocycles. The van der Waals surface area contributed by atoms with E-state index in [9.17, 15) is 18.0 Å². The van der Waals surface area contributed by atoms with Gasteiger partial charge in [-0.2, -0.15) is 0 Å². The molecular weight excluding hydrogens is 386 g/mol. The van der Waals surface area contributed by atoms with Gasteiger partial charge in [-0.05, 0) is 51.0 Å². The molecule has 1 heterocycles. The predicted octanol–water partition coefficient (Wildman–Crippen LogP) is 0.672. The highest BCUT2D eigenvalue weighted by atomic mass is 32.2. The van der Waals surface area contributed by atoms with Crippen LogP contribution in [-0.4, -0.2) is 56.6 Å². The quantitative estimate of drug-likeness (QED) is 0.635. The Morgan fingerprint density at radius 2 is 1.71 bits per heavy atom. The summed E-state index contributed by atoms with van der Waals surface area (Å²) in [7, 11) is -3.24. The Labute approximate surface area is 165 Å². The number of carbonyl (C=O) groups excluding carboxylic acids is 2. The summed E-state index contributed by atoms with van der Waals surface area (Å²) in [6.07, 6.45) is 1.16. The maximum Gasteiger partial charge on any atom is 0.279 e. The Balaban J connectivity index is 1.76. The van der Waals surface area contributed by atoms with Crippen LogP contribution < -0.4 is 20.3 Å². The molecule has 10 heteroatoms. The molecule has 1 aromatic carbocycles. The first-order valence-corrected chi connectivity index (χ1v) is 11.0. The van der Waals surface area contributed by atoms with Crippen molar-refractivity contribution in [3.8, 4) is 11.5 Å². The van der Waals surface area contributed by atoms with Crippen LogP contribution in [0, 0.1) is 5.92 Å². The lowest BCUT2D eigenvalue weighted by atomic mass is 9.98. The van der Waals surface area contributed by atoms with E-state index in [0.29, 0.717) is 44.0 Å². The van der Waals surface area contributed by atoms with Crippen LogP contribution >= 0.6 is 0 Å². The summed E-state index contributed by atoms with van der Waals surface area (Å²) in [5.74, 6) is 0.0397. The second kappa shape index (κ2) is 9.74. The number of hydrazine groups is 1. The number of amides is 2. The van der Waals surface area contributed by atoms with E-state index in [1.807, 2.05) is 6.92 Å². The third kappa shape index (κ3) is 6.38. The summed E-state index contributed by atoms with van der Waals surface area (Å²) in [4.78, 5) is 24.3. The minimum absolute atomic E-state index is 0.294. The van der Waals surface area contributed by atoms with Crippen LogP contribution in [0.3, 0.4) is 0 Å². The number of hydrogen-bond donors (Lipinski definition) is 2. The third-order valence-electron chi connectivity index (χ3n) is 4.42. The van der Waals surface area contributed by atoms with Crippen molar-refractivity contribution in [2.45, 2.75) is 32.8 Å². The van der Waals surface area contributed by atoms with E-state index in [-0.39, 0.29) is 11.8 Å². The zero-order chi connectivity index (χ0) is 20.7. The van der Waals surface area contributed by atoms with Crippen LogP contribution in [0.4, 0.5) is 0 Å². The summed E-state index contributed by atoms with van der Waals surface area (Å²) in [5, 5.41) is 0. The van der Waals surface area contributed by atoms with Gasteiger partial charge in [-0.1, -0.05) is 0 Å².